The summed E-state index contributed by atoms with van der Waals surface area (Å²) < 4.78 is 31.3. The minimum absolute atomic E-state index is 0.0301. The first-order valence-electron chi connectivity index (χ1n) is 9.24. The van der Waals surface area contributed by atoms with Crippen molar-refractivity contribution in [1.82, 2.24) is 5.32 Å². The monoisotopic (exact) mass is 478 g/mol. The van der Waals surface area contributed by atoms with Crippen molar-refractivity contribution < 1.29 is 17.9 Å². The van der Waals surface area contributed by atoms with Crippen molar-refractivity contribution in [2.75, 3.05) is 19.0 Å². The molecule has 1 amide bonds. The number of hydrogen-bond donors (Lipinski definition) is 2. The summed E-state index contributed by atoms with van der Waals surface area (Å²) in [5.41, 5.74) is 1.05. The van der Waals surface area contributed by atoms with Gasteiger partial charge in [0.05, 0.1) is 29.3 Å². The molecule has 0 aromatic heterocycles. The molecule has 0 fully saturated rings. The molecule has 3 aromatic rings. The lowest BCUT2D eigenvalue weighted by atomic mass is 10.2. The summed E-state index contributed by atoms with van der Waals surface area (Å²) in [6.07, 6.45) is 0. The first-order valence-corrected chi connectivity index (χ1v) is 11.5. The first-order chi connectivity index (χ1) is 14.8. The molecule has 0 atom stereocenters. The predicted octanol–water partition coefficient (Wildman–Crippen LogP) is 4.56. The molecule has 0 heterocycles. The Balaban J connectivity index is 1.74. The third-order valence-corrected chi connectivity index (χ3v) is 6.92. The molecule has 2 N–H and O–H groups in total. The molecule has 0 aliphatic carbocycles. The van der Waals surface area contributed by atoms with E-state index in [-0.39, 0.29) is 38.0 Å². The normalized spacial score (nSPS) is 11.1. The fraction of sp³-hybridized carbons (Fsp3) is 0.136. The maximum atomic E-state index is 13.1. The lowest BCUT2D eigenvalue weighted by Crippen LogP contribution is -2.29. The smallest absolute Gasteiger partial charge is 0.239 e. The summed E-state index contributed by atoms with van der Waals surface area (Å²) >= 11 is 12.3. The second-order valence-electron chi connectivity index (χ2n) is 6.56. The van der Waals surface area contributed by atoms with Gasteiger partial charge in [-0.25, -0.2) is 8.42 Å². The number of benzene rings is 3. The lowest BCUT2D eigenvalue weighted by Gasteiger charge is -2.15. The van der Waals surface area contributed by atoms with Crippen LogP contribution < -0.4 is 15.4 Å². The van der Waals surface area contributed by atoms with Crippen LogP contribution in [0.3, 0.4) is 0 Å². The molecular formula is C22H20Cl2N2O4S. The quantitative estimate of drug-likeness (QED) is 0.495. The van der Waals surface area contributed by atoms with Gasteiger partial charge >= 0.3 is 0 Å². The van der Waals surface area contributed by atoms with E-state index in [1.165, 1.54) is 24.3 Å². The Kier molecular flexibility index (Phi) is 7.43. The van der Waals surface area contributed by atoms with Gasteiger partial charge in [0.2, 0.25) is 15.7 Å². The highest BCUT2D eigenvalue weighted by atomic mass is 35.5. The van der Waals surface area contributed by atoms with Crippen LogP contribution in [0.5, 0.6) is 5.75 Å². The van der Waals surface area contributed by atoms with E-state index in [0.29, 0.717) is 6.54 Å². The molecule has 162 valence electrons. The maximum Gasteiger partial charge on any atom is 0.239 e. The summed E-state index contributed by atoms with van der Waals surface area (Å²) in [7, 11) is -2.34. The topological polar surface area (TPSA) is 84.5 Å². The van der Waals surface area contributed by atoms with Crippen LogP contribution in [0.15, 0.2) is 76.5 Å². The lowest BCUT2D eigenvalue weighted by molar-refractivity contribution is -0.119. The standard InChI is InChI=1S/C22H20Cl2N2O4S/c1-30-17-9-7-15(8-10-17)13-26-21(27)14-25-20-12-16(23)11-19(24)22(20)31(28,29)18-5-3-2-4-6-18/h2-12,25H,13-14H2,1H3,(H,26,27). The number of halogens is 2. The number of carbonyl (C=O) groups excluding carboxylic acids is 1. The fourth-order valence-electron chi connectivity index (χ4n) is 2.86. The van der Waals surface area contributed by atoms with Crippen molar-refractivity contribution in [2.24, 2.45) is 0 Å². The number of methoxy groups -OCH3 is 1. The van der Waals surface area contributed by atoms with E-state index in [9.17, 15) is 13.2 Å². The molecule has 0 unspecified atom stereocenters. The molecular weight excluding hydrogens is 459 g/mol. The SMILES string of the molecule is COc1ccc(CNC(=O)CNc2cc(Cl)cc(Cl)c2S(=O)(=O)c2ccccc2)cc1. The van der Waals surface area contributed by atoms with Gasteiger partial charge in [-0.1, -0.05) is 53.5 Å². The van der Waals surface area contributed by atoms with Crippen molar-refractivity contribution in [3.63, 3.8) is 0 Å². The van der Waals surface area contributed by atoms with Gasteiger partial charge in [0.1, 0.15) is 10.6 Å². The molecule has 31 heavy (non-hydrogen) atoms. The highest BCUT2D eigenvalue weighted by Gasteiger charge is 2.25. The first kappa shape index (κ1) is 22.9. The van der Waals surface area contributed by atoms with Gasteiger partial charge in [-0.2, -0.15) is 0 Å². The number of ether oxygens (including phenoxy) is 1. The molecule has 0 saturated heterocycles. The third kappa shape index (κ3) is 5.70. The van der Waals surface area contributed by atoms with Crippen LogP contribution in [0.25, 0.3) is 0 Å². The Morgan fingerprint density at radius 1 is 1.00 bits per heavy atom. The minimum atomic E-state index is -3.92. The van der Waals surface area contributed by atoms with Gasteiger partial charge in [-0.15, -0.1) is 0 Å². The van der Waals surface area contributed by atoms with E-state index < -0.39 is 9.84 Å². The molecule has 0 saturated carbocycles. The molecule has 0 aliphatic heterocycles. The van der Waals surface area contributed by atoms with Gasteiger partial charge in [0.15, 0.2) is 0 Å². The Morgan fingerprint density at radius 3 is 2.32 bits per heavy atom. The Labute approximate surface area is 191 Å². The van der Waals surface area contributed by atoms with Crippen LogP contribution in [-0.4, -0.2) is 28.0 Å². The van der Waals surface area contributed by atoms with Crippen LogP contribution in [0.2, 0.25) is 10.0 Å². The van der Waals surface area contributed by atoms with Crippen LogP contribution in [0.1, 0.15) is 5.56 Å². The molecule has 0 spiro atoms. The number of sulfone groups is 1. The van der Waals surface area contributed by atoms with E-state index in [4.69, 9.17) is 27.9 Å². The summed E-state index contributed by atoms with van der Waals surface area (Å²) in [4.78, 5) is 12.3. The predicted molar refractivity (Wildman–Crippen MR) is 122 cm³/mol. The molecule has 0 bridgehead atoms. The highest BCUT2D eigenvalue weighted by Crippen LogP contribution is 2.36. The number of hydrogen-bond acceptors (Lipinski definition) is 5. The van der Waals surface area contributed by atoms with Crippen molar-refractivity contribution in [2.45, 2.75) is 16.3 Å². The zero-order valence-electron chi connectivity index (χ0n) is 16.6. The second-order valence-corrected chi connectivity index (χ2v) is 9.29. The Hall–Kier alpha value is -2.74. The molecule has 3 aromatic carbocycles. The zero-order valence-corrected chi connectivity index (χ0v) is 18.9. The van der Waals surface area contributed by atoms with Gasteiger partial charge in [0, 0.05) is 11.6 Å². The van der Waals surface area contributed by atoms with E-state index in [1.807, 2.05) is 12.1 Å². The summed E-state index contributed by atoms with van der Waals surface area (Å²) in [5, 5.41) is 5.83. The van der Waals surface area contributed by atoms with E-state index in [2.05, 4.69) is 10.6 Å². The molecule has 3 rings (SSSR count). The second kappa shape index (κ2) is 10.0. The Morgan fingerprint density at radius 2 is 1.68 bits per heavy atom. The van der Waals surface area contributed by atoms with Crippen molar-refractivity contribution in [3.8, 4) is 5.75 Å². The zero-order chi connectivity index (χ0) is 22.4. The number of carbonyl (C=O) groups is 1. The number of amides is 1. The fourth-order valence-corrected chi connectivity index (χ4v) is 5.15. The van der Waals surface area contributed by atoms with Crippen LogP contribution in [-0.2, 0) is 21.2 Å². The summed E-state index contributed by atoms with van der Waals surface area (Å²) in [6, 6.07) is 18.0. The number of nitrogens with one attached hydrogen (secondary N) is 2. The average molecular weight is 479 g/mol. The molecule has 6 nitrogen and oxygen atoms in total. The molecule has 0 aliphatic rings. The summed E-state index contributed by atoms with van der Waals surface area (Å²) in [6.45, 7) is 0.153. The van der Waals surface area contributed by atoms with Gasteiger partial charge in [0.25, 0.3) is 0 Å². The largest absolute Gasteiger partial charge is 0.497 e. The third-order valence-electron chi connectivity index (χ3n) is 4.42. The Bertz CT molecular complexity index is 1170. The number of rotatable bonds is 8. The van der Waals surface area contributed by atoms with Crippen LogP contribution in [0, 0.1) is 0 Å². The van der Waals surface area contributed by atoms with Gasteiger partial charge < -0.3 is 15.4 Å². The molecule has 0 radical (unpaired) electrons. The van der Waals surface area contributed by atoms with Gasteiger partial charge in [-0.3, -0.25) is 4.79 Å². The summed E-state index contributed by atoms with van der Waals surface area (Å²) in [5.74, 6) is 0.400. The van der Waals surface area contributed by atoms with Crippen molar-refractivity contribution >= 4 is 44.6 Å². The maximum absolute atomic E-state index is 13.1. The minimum Gasteiger partial charge on any atom is -0.497 e. The van der Waals surface area contributed by atoms with E-state index in [0.717, 1.165) is 11.3 Å². The highest BCUT2D eigenvalue weighted by molar-refractivity contribution is 7.91. The van der Waals surface area contributed by atoms with Crippen LogP contribution in [0.4, 0.5) is 5.69 Å². The number of anilines is 1. The van der Waals surface area contributed by atoms with Gasteiger partial charge in [-0.05, 0) is 42.0 Å². The molecule has 9 heteroatoms. The van der Waals surface area contributed by atoms with E-state index in [1.54, 1.807) is 37.4 Å². The van der Waals surface area contributed by atoms with Crippen molar-refractivity contribution in [3.05, 3.63) is 82.3 Å². The average Bonchev–Trinajstić information content (AvgIpc) is 2.76. The van der Waals surface area contributed by atoms with Crippen LogP contribution >= 0.6 is 23.2 Å². The van der Waals surface area contributed by atoms with E-state index >= 15 is 0 Å². The van der Waals surface area contributed by atoms with Crippen molar-refractivity contribution in [1.29, 1.82) is 0 Å².